The first kappa shape index (κ1) is 14.7. The molecule has 3 rings (SSSR count). The van der Waals surface area contributed by atoms with Gasteiger partial charge in [-0.3, -0.25) is 0 Å². The van der Waals surface area contributed by atoms with Crippen LogP contribution >= 0.6 is 55.1 Å². The van der Waals surface area contributed by atoms with Crippen LogP contribution in [0.2, 0.25) is 10.0 Å². The Balaban J connectivity index is 1.90. The second-order valence-electron chi connectivity index (χ2n) is 4.80. The zero-order valence-electron chi connectivity index (χ0n) is 10.4. The molecule has 2 aromatic rings. The van der Waals surface area contributed by atoms with Gasteiger partial charge in [0.2, 0.25) is 0 Å². The SMILES string of the molecule is Clc1c(Br)ccc(NC2CCc3cc(Br)ccc32)c1Cl. The molecule has 0 bridgehead atoms. The molecule has 0 aliphatic heterocycles. The molecule has 0 saturated heterocycles. The largest absolute Gasteiger partial charge is 0.377 e. The third kappa shape index (κ3) is 2.74. The molecule has 1 nitrogen and oxygen atoms in total. The molecular formula is C15H11Br2Cl2N. The Kier molecular flexibility index (Phi) is 4.32. The molecule has 1 atom stereocenters. The summed E-state index contributed by atoms with van der Waals surface area (Å²) >= 11 is 19.4. The van der Waals surface area contributed by atoms with Gasteiger partial charge in [0.1, 0.15) is 0 Å². The van der Waals surface area contributed by atoms with Crippen molar-refractivity contribution in [1.29, 1.82) is 0 Å². The minimum atomic E-state index is 0.285. The van der Waals surface area contributed by atoms with Crippen LogP contribution in [0.25, 0.3) is 0 Å². The maximum Gasteiger partial charge on any atom is 0.0835 e. The Hall–Kier alpha value is -0.220. The molecule has 20 heavy (non-hydrogen) atoms. The van der Waals surface area contributed by atoms with Gasteiger partial charge in [0.25, 0.3) is 0 Å². The third-order valence-electron chi connectivity index (χ3n) is 3.55. The number of nitrogens with one attached hydrogen (secondary N) is 1. The molecular weight excluding hydrogens is 425 g/mol. The van der Waals surface area contributed by atoms with Crippen molar-refractivity contribution in [3.05, 3.63) is 60.4 Å². The summed E-state index contributed by atoms with van der Waals surface area (Å²) in [5, 5.41) is 4.61. The van der Waals surface area contributed by atoms with Gasteiger partial charge in [0, 0.05) is 8.95 Å². The highest BCUT2D eigenvalue weighted by Crippen LogP contribution is 2.40. The molecule has 0 saturated carbocycles. The van der Waals surface area contributed by atoms with Gasteiger partial charge in [-0.25, -0.2) is 0 Å². The molecule has 0 aromatic heterocycles. The van der Waals surface area contributed by atoms with Crippen LogP contribution in [0.3, 0.4) is 0 Å². The van der Waals surface area contributed by atoms with Crippen LogP contribution in [-0.4, -0.2) is 0 Å². The van der Waals surface area contributed by atoms with Gasteiger partial charge in [-0.1, -0.05) is 45.2 Å². The molecule has 1 N–H and O–H groups in total. The van der Waals surface area contributed by atoms with Crippen LogP contribution in [0.5, 0.6) is 0 Å². The fourth-order valence-electron chi connectivity index (χ4n) is 2.56. The van der Waals surface area contributed by atoms with Crippen molar-refractivity contribution in [1.82, 2.24) is 0 Å². The van der Waals surface area contributed by atoms with Crippen molar-refractivity contribution in [3.8, 4) is 0 Å². The second-order valence-corrected chi connectivity index (χ2v) is 7.33. The van der Waals surface area contributed by atoms with Crippen LogP contribution < -0.4 is 5.32 Å². The molecule has 5 heteroatoms. The molecule has 2 aromatic carbocycles. The zero-order valence-corrected chi connectivity index (χ0v) is 15.1. The van der Waals surface area contributed by atoms with E-state index in [2.05, 4.69) is 55.4 Å². The second kappa shape index (κ2) is 5.88. The van der Waals surface area contributed by atoms with Gasteiger partial charge in [0.05, 0.1) is 21.8 Å². The van der Waals surface area contributed by atoms with E-state index in [-0.39, 0.29) is 6.04 Å². The maximum atomic E-state index is 6.30. The first-order valence-electron chi connectivity index (χ1n) is 6.24. The Morgan fingerprint density at radius 3 is 2.65 bits per heavy atom. The molecule has 0 heterocycles. The van der Waals surface area contributed by atoms with Gasteiger partial charge in [-0.05, 0) is 64.2 Å². The summed E-state index contributed by atoms with van der Waals surface area (Å²) < 4.78 is 1.94. The average Bonchev–Trinajstić information content (AvgIpc) is 2.82. The summed E-state index contributed by atoms with van der Waals surface area (Å²) in [5.41, 5.74) is 3.60. The fourth-order valence-corrected chi connectivity index (χ4v) is 3.80. The topological polar surface area (TPSA) is 12.0 Å². The van der Waals surface area contributed by atoms with E-state index in [4.69, 9.17) is 23.2 Å². The van der Waals surface area contributed by atoms with E-state index in [1.165, 1.54) is 11.1 Å². The van der Waals surface area contributed by atoms with Crippen molar-refractivity contribution in [2.45, 2.75) is 18.9 Å². The molecule has 0 amide bonds. The van der Waals surface area contributed by atoms with E-state index < -0.39 is 0 Å². The normalized spacial score (nSPS) is 17.1. The first-order valence-corrected chi connectivity index (χ1v) is 8.59. The fraction of sp³-hybridized carbons (Fsp3) is 0.200. The Morgan fingerprint density at radius 1 is 1.05 bits per heavy atom. The number of fused-ring (bicyclic) bond motifs is 1. The monoisotopic (exact) mass is 433 g/mol. The summed E-state index contributed by atoms with van der Waals surface area (Å²) in [6.07, 6.45) is 2.14. The minimum absolute atomic E-state index is 0.285. The third-order valence-corrected chi connectivity index (χ3v) is 5.81. The van der Waals surface area contributed by atoms with Crippen LogP contribution in [0.4, 0.5) is 5.69 Å². The minimum Gasteiger partial charge on any atom is -0.377 e. The van der Waals surface area contributed by atoms with Crippen molar-refractivity contribution in [3.63, 3.8) is 0 Å². The van der Waals surface area contributed by atoms with E-state index in [0.29, 0.717) is 10.0 Å². The smallest absolute Gasteiger partial charge is 0.0835 e. The molecule has 0 spiro atoms. The lowest BCUT2D eigenvalue weighted by Crippen LogP contribution is -2.07. The van der Waals surface area contributed by atoms with E-state index in [9.17, 15) is 0 Å². The van der Waals surface area contributed by atoms with Crippen molar-refractivity contribution in [2.24, 2.45) is 0 Å². The molecule has 0 fully saturated rings. The summed E-state index contributed by atoms with van der Waals surface area (Å²) in [7, 11) is 0. The maximum absolute atomic E-state index is 6.30. The molecule has 1 unspecified atom stereocenters. The van der Waals surface area contributed by atoms with Gasteiger partial charge >= 0.3 is 0 Å². The Morgan fingerprint density at radius 2 is 1.85 bits per heavy atom. The predicted molar refractivity (Wildman–Crippen MR) is 93.0 cm³/mol. The summed E-state index contributed by atoms with van der Waals surface area (Å²) in [6, 6.07) is 10.6. The van der Waals surface area contributed by atoms with E-state index in [1.54, 1.807) is 0 Å². The highest BCUT2D eigenvalue weighted by molar-refractivity contribution is 9.10. The summed E-state index contributed by atoms with van der Waals surface area (Å²) in [6.45, 7) is 0. The van der Waals surface area contributed by atoms with Crippen molar-refractivity contribution in [2.75, 3.05) is 5.32 Å². The summed E-state index contributed by atoms with van der Waals surface area (Å²) in [5.74, 6) is 0. The highest BCUT2D eigenvalue weighted by Gasteiger charge is 2.23. The van der Waals surface area contributed by atoms with Crippen molar-refractivity contribution < 1.29 is 0 Å². The number of anilines is 1. The molecule has 1 aliphatic carbocycles. The lowest BCUT2D eigenvalue weighted by atomic mass is 10.1. The molecule has 104 valence electrons. The molecule has 1 aliphatic rings. The number of benzene rings is 2. The number of aryl methyl sites for hydroxylation is 1. The summed E-state index contributed by atoms with van der Waals surface area (Å²) in [4.78, 5) is 0. The standard InChI is InChI=1S/C15H11Br2Cl2N/c16-9-2-3-10-8(7-9)1-5-12(10)20-13-6-4-11(17)14(18)15(13)19/h2-4,6-7,12,20H,1,5H2. The van der Waals surface area contributed by atoms with Gasteiger partial charge < -0.3 is 5.32 Å². The van der Waals surface area contributed by atoms with Crippen LogP contribution in [0.15, 0.2) is 39.3 Å². The van der Waals surface area contributed by atoms with Crippen LogP contribution in [0.1, 0.15) is 23.6 Å². The zero-order chi connectivity index (χ0) is 14.3. The highest BCUT2D eigenvalue weighted by atomic mass is 79.9. The van der Waals surface area contributed by atoms with E-state index in [0.717, 1.165) is 27.5 Å². The first-order chi connectivity index (χ1) is 9.56. The van der Waals surface area contributed by atoms with E-state index >= 15 is 0 Å². The quantitative estimate of drug-likeness (QED) is 0.523. The van der Waals surface area contributed by atoms with Gasteiger partial charge in [-0.2, -0.15) is 0 Å². The van der Waals surface area contributed by atoms with Gasteiger partial charge in [-0.15, -0.1) is 0 Å². The number of rotatable bonds is 2. The number of hydrogen-bond donors (Lipinski definition) is 1. The van der Waals surface area contributed by atoms with Crippen LogP contribution in [0, 0.1) is 0 Å². The Bertz CT molecular complexity index is 673. The van der Waals surface area contributed by atoms with Crippen molar-refractivity contribution >= 4 is 60.7 Å². The predicted octanol–water partition coefficient (Wildman–Crippen LogP) is 6.62. The lowest BCUT2D eigenvalue weighted by Gasteiger charge is -2.17. The number of hydrogen-bond acceptors (Lipinski definition) is 1. The average molecular weight is 436 g/mol. The Labute approximate surface area is 144 Å². The van der Waals surface area contributed by atoms with Crippen LogP contribution in [-0.2, 0) is 6.42 Å². The van der Waals surface area contributed by atoms with Gasteiger partial charge in [0.15, 0.2) is 0 Å². The van der Waals surface area contributed by atoms with E-state index in [1.807, 2.05) is 12.1 Å². The lowest BCUT2D eigenvalue weighted by molar-refractivity contribution is 0.762. The number of halogens is 4. The molecule has 0 radical (unpaired) electrons.